The van der Waals surface area contributed by atoms with Crippen LogP contribution in [-0.2, 0) is 25.5 Å². The molecule has 2 N–H and O–H groups in total. The Morgan fingerprint density at radius 3 is 1.89 bits per heavy atom. The van der Waals surface area contributed by atoms with Gasteiger partial charge >= 0.3 is 11.9 Å². The first-order chi connectivity index (χ1) is 25.5. The molecule has 0 heterocycles. The molecule has 53 heavy (non-hydrogen) atoms. The Labute approximate surface area is 314 Å². The molecule has 0 aliphatic heterocycles. The Balaban J connectivity index is 1.39. The van der Waals surface area contributed by atoms with Crippen molar-refractivity contribution in [3.05, 3.63) is 84.2 Å². The summed E-state index contributed by atoms with van der Waals surface area (Å²) in [7, 11) is 0. The predicted octanol–water partition coefficient (Wildman–Crippen LogP) is 8.89. The van der Waals surface area contributed by atoms with E-state index < -0.39 is 24.0 Å². The minimum atomic E-state index is -1.01. The van der Waals surface area contributed by atoms with Crippen LogP contribution in [-0.4, -0.2) is 61.8 Å². The minimum absolute atomic E-state index is 0.0163. The van der Waals surface area contributed by atoms with Gasteiger partial charge in [0, 0.05) is 6.07 Å². The number of halogens is 1. The fourth-order valence-corrected chi connectivity index (χ4v) is 6.56. The van der Waals surface area contributed by atoms with E-state index in [9.17, 15) is 14.7 Å². The molecule has 0 radical (unpaired) electrons. The van der Waals surface area contributed by atoms with Crippen molar-refractivity contribution in [2.75, 3.05) is 39.6 Å². The highest BCUT2D eigenvalue weighted by Gasteiger charge is 2.28. The van der Waals surface area contributed by atoms with Crippen LogP contribution in [0.4, 0.5) is 4.39 Å². The number of benzene rings is 3. The van der Waals surface area contributed by atoms with Crippen LogP contribution >= 0.6 is 0 Å². The van der Waals surface area contributed by atoms with Crippen molar-refractivity contribution < 1.29 is 43.1 Å². The number of esters is 2. The van der Waals surface area contributed by atoms with E-state index in [0.29, 0.717) is 17.4 Å². The van der Waals surface area contributed by atoms with Gasteiger partial charge in [-0.3, -0.25) is 4.79 Å². The number of aliphatic hydroxyl groups is 2. The summed E-state index contributed by atoms with van der Waals surface area (Å²) in [5.74, 6) is 1.09. The molecule has 0 atom stereocenters. The largest absolute Gasteiger partial charge is 0.490 e. The van der Waals surface area contributed by atoms with Gasteiger partial charge in [-0.2, -0.15) is 0 Å². The molecular weight excluding hydrogens is 675 g/mol. The normalized spacial score (nSPS) is 15.8. The highest BCUT2D eigenvalue weighted by Crippen LogP contribution is 2.35. The lowest BCUT2D eigenvalue weighted by Crippen LogP contribution is -2.31. The fraction of sp³-hybridized carbons (Fsp3) is 0.500. The summed E-state index contributed by atoms with van der Waals surface area (Å²) in [4.78, 5) is 24.0. The maximum atomic E-state index is 15.3. The van der Waals surface area contributed by atoms with E-state index in [1.807, 2.05) is 48.5 Å². The number of aliphatic hydroxyl groups excluding tert-OH is 2. The number of unbranched alkanes of at least 4 members (excludes halogenated alkanes) is 2. The highest BCUT2D eigenvalue weighted by molar-refractivity contribution is 5.87. The summed E-state index contributed by atoms with van der Waals surface area (Å²) in [5.41, 5.74) is 3.06. The van der Waals surface area contributed by atoms with Gasteiger partial charge in [0.05, 0.1) is 24.2 Å². The zero-order valence-electron chi connectivity index (χ0n) is 31.7. The van der Waals surface area contributed by atoms with Gasteiger partial charge < -0.3 is 29.2 Å². The van der Waals surface area contributed by atoms with Crippen LogP contribution in [0.5, 0.6) is 11.5 Å². The van der Waals surface area contributed by atoms with Crippen molar-refractivity contribution in [1.82, 2.24) is 0 Å². The maximum Gasteiger partial charge on any atom is 0.335 e. The second kappa shape index (κ2) is 20.9. The summed E-state index contributed by atoms with van der Waals surface area (Å²) in [6, 6.07) is 18.7. The number of carbonyl (C=O) groups is 2. The molecule has 4 rings (SSSR count). The Kier molecular flexibility index (Phi) is 16.4. The van der Waals surface area contributed by atoms with Crippen molar-refractivity contribution in [3.63, 3.8) is 0 Å². The molecule has 0 amide bonds. The zero-order valence-corrected chi connectivity index (χ0v) is 31.7. The maximum absolute atomic E-state index is 15.3. The summed E-state index contributed by atoms with van der Waals surface area (Å²) < 4.78 is 37.5. The molecule has 0 bridgehead atoms. The molecule has 288 valence electrons. The first kappa shape index (κ1) is 41.5. The van der Waals surface area contributed by atoms with Crippen molar-refractivity contribution >= 4 is 11.9 Å². The van der Waals surface area contributed by atoms with Gasteiger partial charge in [-0.15, -0.1) is 0 Å². The van der Waals surface area contributed by atoms with Crippen molar-refractivity contribution in [2.24, 2.45) is 17.3 Å². The van der Waals surface area contributed by atoms with Gasteiger partial charge in [-0.1, -0.05) is 101 Å². The molecule has 0 saturated heterocycles. The third kappa shape index (κ3) is 13.0. The Morgan fingerprint density at radius 2 is 1.32 bits per heavy atom. The van der Waals surface area contributed by atoms with Gasteiger partial charge in [0.1, 0.15) is 43.7 Å². The lowest BCUT2D eigenvalue weighted by molar-refractivity contribution is -0.156. The molecule has 0 aromatic heterocycles. The molecule has 0 unspecified atom stereocenters. The van der Waals surface area contributed by atoms with Crippen LogP contribution in [0.3, 0.4) is 0 Å². The molecule has 1 aliphatic rings. The van der Waals surface area contributed by atoms with E-state index in [4.69, 9.17) is 24.1 Å². The van der Waals surface area contributed by atoms with Gasteiger partial charge in [-0.05, 0) is 84.5 Å². The van der Waals surface area contributed by atoms with E-state index in [1.165, 1.54) is 51.4 Å². The van der Waals surface area contributed by atoms with Crippen LogP contribution in [0.1, 0.15) is 84.1 Å². The third-order valence-electron chi connectivity index (χ3n) is 10.1. The number of rotatable bonds is 21. The van der Waals surface area contributed by atoms with Gasteiger partial charge in [0.25, 0.3) is 0 Å². The second-order valence-electron chi connectivity index (χ2n) is 14.8. The lowest BCUT2D eigenvalue weighted by atomic mass is 9.77. The highest BCUT2D eigenvalue weighted by atomic mass is 19.1. The smallest absolute Gasteiger partial charge is 0.335 e. The predicted molar refractivity (Wildman–Crippen MR) is 205 cm³/mol. The van der Waals surface area contributed by atoms with Crippen molar-refractivity contribution in [1.29, 1.82) is 0 Å². The Hall–Kier alpha value is -4.21. The Bertz CT molecular complexity index is 1620. The van der Waals surface area contributed by atoms with Crippen LogP contribution < -0.4 is 9.47 Å². The van der Waals surface area contributed by atoms with E-state index in [-0.39, 0.29) is 44.4 Å². The molecule has 1 aliphatic carbocycles. The average molecular weight is 733 g/mol. The van der Waals surface area contributed by atoms with Crippen molar-refractivity contribution in [2.45, 2.75) is 85.0 Å². The van der Waals surface area contributed by atoms with E-state index in [0.717, 1.165) is 46.6 Å². The number of hydrogen-bond acceptors (Lipinski definition) is 8. The standard InChI is InChI=1S/C44H57FO8/c1-5-6-7-8-32-9-11-33(12-10-32)13-14-36-19-20-37(27-41(36)45)34-15-17-35(18-16-34)38-25-39(50-21-23-52-42(48)31(2)29-46)28-40(26-38)51-22-24-53-43(49)44(3,4)30-47/h15-20,25-28,32-33,46-47H,2,5-14,21-24,29-30H2,1,3-4H3. The molecular formula is C44H57FO8. The van der Waals surface area contributed by atoms with Crippen LogP contribution in [0.15, 0.2) is 72.8 Å². The number of carbonyl (C=O) groups excluding carboxylic acids is 2. The number of aryl methyl sites for hydroxylation is 1. The van der Waals surface area contributed by atoms with Crippen LogP contribution in [0, 0.1) is 23.1 Å². The molecule has 0 spiro atoms. The summed E-state index contributed by atoms with van der Waals surface area (Å²) in [6.07, 6.45) is 12.3. The lowest BCUT2D eigenvalue weighted by Gasteiger charge is -2.28. The number of hydrogen-bond donors (Lipinski definition) is 2. The average Bonchev–Trinajstić information content (AvgIpc) is 3.17. The molecule has 3 aromatic carbocycles. The minimum Gasteiger partial charge on any atom is -0.490 e. The molecule has 3 aromatic rings. The first-order valence-electron chi connectivity index (χ1n) is 19.1. The number of ether oxygens (including phenoxy) is 4. The topological polar surface area (TPSA) is 112 Å². The monoisotopic (exact) mass is 732 g/mol. The molecule has 1 saturated carbocycles. The van der Waals surface area contributed by atoms with Crippen molar-refractivity contribution in [3.8, 4) is 33.8 Å². The summed E-state index contributed by atoms with van der Waals surface area (Å²) in [6.45, 7) is 8.12. The fourth-order valence-electron chi connectivity index (χ4n) is 6.56. The van der Waals surface area contributed by atoms with Gasteiger partial charge in [-0.25, -0.2) is 9.18 Å². The third-order valence-corrected chi connectivity index (χ3v) is 10.1. The Morgan fingerprint density at radius 1 is 0.755 bits per heavy atom. The quantitative estimate of drug-likeness (QED) is 0.0635. The van der Waals surface area contributed by atoms with Gasteiger partial charge in [0.15, 0.2) is 0 Å². The molecule has 9 heteroatoms. The van der Waals surface area contributed by atoms with Crippen LogP contribution in [0.2, 0.25) is 0 Å². The van der Waals surface area contributed by atoms with E-state index >= 15 is 4.39 Å². The SMILES string of the molecule is C=C(CO)C(=O)OCCOc1cc(OCCOC(=O)C(C)(C)CO)cc(-c2ccc(-c3ccc(CCC4CCC(CCCCC)CC4)c(F)c3)cc2)c1. The summed E-state index contributed by atoms with van der Waals surface area (Å²) in [5, 5.41) is 18.5. The second-order valence-corrected chi connectivity index (χ2v) is 14.8. The first-order valence-corrected chi connectivity index (χ1v) is 19.1. The zero-order chi connectivity index (χ0) is 38.2. The molecule has 1 fully saturated rings. The summed E-state index contributed by atoms with van der Waals surface area (Å²) >= 11 is 0. The molecule has 8 nitrogen and oxygen atoms in total. The van der Waals surface area contributed by atoms with E-state index in [1.54, 1.807) is 26.0 Å². The van der Waals surface area contributed by atoms with Gasteiger partial charge in [0.2, 0.25) is 0 Å². The van der Waals surface area contributed by atoms with Crippen LogP contribution in [0.25, 0.3) is 22.3 Å². The van der Waals surface area contributed by atoms with E-state index in [2.05, 4.69) is 13.5 Å².